The van der Waals surface area contributed by atoms with Crippen LogP contribution in [0.4, 0.5) is 0 Å². The number of sulfone groups is 1. The molecule has 0 atom stereocenters. The normalized spacial score (nSPS) is 11.4. The van der Waals surface area contributed by atoms with Crippen molar-refractivity contribution < 1.29 is 13.2 Å². The van der Waals surface area contributed by atoms with Crippen LogP contribution < -0.4 is 0 Å². The molecule has 1 aromatic carbocycles. The molecule has 0 spiro atoms. The summed E-state index contributed by atoms with van der Waals surface area (Å²) in [4.78, 5) is 10.8. The smallest absolute Gasteiger partial charge is 0.178 e. The third kappa shape index (κ3) is 3.47. The summed E-state index contributed by atoms with van der Waals surface area (Å²) in [6.07, 6.45) is 0.00256. The Balaban J connectivity index is 2.99. The number of hydrogen-bond donors (Lipinski definition) is 0. The van der Waals surface area contributed by atoms with E-state index in [1.165, 1.54) is 25.1 Å². The van der Waals surface area contributed by atoms with Crippen molar-refractivity contribution in [3.05, 3.63) is 28.2 Å². The average molecular weight is 281 g/mol. The first-order valence-corrected chi connectivity index (χ1v) is 6.91. The minimum absolute atomic E-state index is 0.00256. The Kier molecular flexibility index (Phi) is 4.35. The number of ketones is 1. The molecule has 0 radical (unpaired) electrons. The molecular formula is C10H10Cl2O3S. The highest BCUT2D eigenvalue weighted by molar-refractivity contribution is 7.91. The van der Waals surface area contributed by atoms with Gasteiger partial charge in [0.15, 0.2) is 9.84 Å². The van der Waals surface area contributed by atoms with Gasteiger partial charge in [0, 0.05) is 6.42 Å². The van der Waals surface area contributed by atoms with Crippen molar-refractivity contribution in [2.24, 2.45) is 0 Å². The molecule has 0 bridgehead atoms. The molecule has 1 aromatic rings. The molecule has 0 heterocycles. The molecule has 0 amide bonds. The van der Waals surface area contributed by atoms with Crippen molar-refractivity contribution in [2.75, 3.05) is 5.75 Å². The number of Topliss-reactive ketones (excluding diaryl/α,β-unsaturated/α-hetero) is 1. The Morgan fingerprint density at radius 2 is 1.88 bits per heavy atom. The maximum atomic E-state index is 11.7. The standard InChI is InChI=1S/C10H10Cl2O3S/c1-7(13)4-5-16(14,15)8-2-3-9(11)10(12)6-8/h2-3,6H,4-5H2,1H3. The van der Waals surface area contributed by atoms with Crippen LogP contribution in [0.5, 0.6) is 0 Å². The second-order valence-electron chi connectivity index (χ2n) is 3.35. The summed E-state index contributed by atoms with van der Waals surface area (Å²) < 4.78 is 23.5. The molecule has 0 saturated heterocycles. The van der Waals surface area contributed by atoms with Gasteiger partial charge in [-0.05, 0) is 25.1 Å². The molecule has 88 valence electrons. The van der Waals surface area contributed by atoms with Gasteiger partial charge in [-0.25, -0.2) is 8.42 Å². The van der Waals surface area contributed by atoms with Crippen LogP contribution in [0.15, 0.2) is 23.1 Å². The van der Waals surface area contributed by atoms with Crippen molar-refractivity contribution in [3.63, 3.8) is 0 Å². The quantitative estimate of drug-likeness (QED) is 0.852. The lowest BCUT2D eigenvalue weighted by Gasteiger charge is -2.04. The predicted octanol–water partition coefficient (Wildman–Crippen LogP) is 2.75. The van der Waals surface area contributed by atoms with Gasteiger partial charge in [0.05, 0.1) is 20.7 Å². The van der Waals surface area contributed by atoms with Gasteiger partial charge in [0.25, 0.3) is 0 Å². The first kappa shape index (κ1) is 13.5. The Hall–Kier alpha value is -0.580. The van der Waals surface area contributed by atoms with E-state index in [0.717, 1.165) is 0 Å². The lowest BCUT2D eigenvalue weighted by molar-refractivity contribution is -0.116. The monoisotopic (exact) mass is 280 g/mol. The molecule has 0 N–H and O–H groups in total. The van der Waals surface area contributed by atoms with E-state index in [1.54, 1.807) is 0 Å². The molecule has 0 aliphatic rings. The third-order valence-electron chi connectivity index (χ3n) is 1.97. The van der Waals surface area contributed by atoms with E-state index in [-0.39, 0.29) is 27.9 Å². The van der Waals surface area contributed by atoms with Gasteiger partial charge in [-0.1, -0.05) is 23.2 Å². The molecule has 0 aliphatic carbocycles. The van der Waals surface area contributed by atoms with E-state index < -0.39 is 9.84 Å². The molecule has 6 heteroatoms. The van der Waals surface area contributed by atoms with Gasteiger partial charge in [0.1, 0.15) is 5.78 Å². The summed E-state index contributed by atoms with van der Waals surface area (Å²) in [6.45, 7) is 1.35. The maximum Gasteiger partial charge on any atom is 0.178 e. The Morgan fingerprint density at radius 3 is 2.38 bits per heavy atom. The van der Waals surface area contributed by atoms with Crippen LogP contribution in [0.1, 0.15) is 13.3 Å². The first-order chi connectivity index (χ1) is 7.33. The topological polar surface area (TPSA) is 51.2 Å². The molecule has 0 saturated carbocycles. The fourth-order valence-electron chi connectivity index (χ4n) is 1.07. The van der Waals surface area contributed by atoms with Crippen LogP contribution in [-0.2, 0) is 14.6 Å². The summed E-state index contributed by atoms with van der Waals surface area (Å²) in [6, 6.07) is 4.09. The summed E-state index contributed by atoms with van der Waals surface area (Å²) in [5, 5.41) is 0.484. The Morgan fingerprint density at radius 1 is 1.25 bits per heavy atom. The van der Waals surface area contributed by atoms with Crippen LogP contribution in [0.2, 0.25) is 10.0 Å². The fraction of sp³-hybridized carbons (Fsp3) is 0.300. The van der Waals surface area contributed by atoms with E-state index >= 15 is 0 Å². The zero-order chi connectivity index (χ0) is 12.3. The Labute approximate surface area is 104 Å². The fourth-order valence-corrected chi connectivity index (χ4v) is 2.79. The zero-order valence-electron chi connectivity index (χ0n) is 8.54. The second-order valence-corrected chi connectivity index (χ2v) is 6.27. The van der Waals surface area contributed by atoms with Crippen LogP contribution in [-0.4, -0.2) is 20.0 Å². The number of rotatable bonds is 4. The zero-order valence-corrected chi connectivity index (χ0v) is 10.9. The van der Waals surface area contributed by atoms with Crippen molar-refractivity contribution in [1.29, 1.82) is 0 Å². The van der Waals surface area contributed by atoms with E-state index in [9.17, 15) is 13.2 Å². The lowest BCUT2D eigenvalue weighted by atomic mass is 10.3. The van der Waals surface area contributed by atoms with Crippen LogP contribution in [0.3, 0.4) is 0 Å². The van der Waals surface area contributed by atoms with Crippen LogP contribution >= 0.6 is 23.2 Å². The van der Waals surface area contributed by atoms with Crippen LogP contribution in [0.25, 0.3) is 0 Å². The summed E-state index contributed by atoms with van der Waals surface area (Å²) in [7, 11) is -3.46. The van der Waals surface area contributed by atoms with E-state index in [2.05, 4.69) is 0 Å². The minimum atomic E-state index is -3.46. The number of carbonyl (C=O) groups is 1. The van der Waals surface area contributed by atoms with Gasteiger partial charge in [0.2, 0.25) is 0 Å². The van der Waals surface area contributed by atoms with Gasteiger partial charge >= 0.3 is 0 Å². The van der Waals surface area contributed by atoms with Crippen molar-refractivity contribution >= 4 is 38.8 Å². The molecule has 3 nitrogen and oxygen atoms in total. The maximum absolute atomic E-state index is 11.7. The summed E-state index contributed by atoms with van der Waals surface area (Å²) in [5.41, 5.74) is 0. The minimum Gasteiger partial charge on any atom is -0.300 e. The van der Waals surface area contributed by atoms with Crippen molar-refractivity contribution in [3.8, 4) is 0 Å². The molecular weight excluding hydrogens is 271 g/mol. The number of benzene rings is 1. The number of hydrogen-bond acceptors (Lipinski definition) is 3. The first-order valence-electron chi connectivity index (χ1n) is 4.50. The highest BCUT2D eigenvalue weighted by Crippen LogP contribution is 2.25. The third-order valence-corrected chi connectivity index (χ3v) is 4.43. The largest absolute Gasteiger partial charge is 0.300 e. The van der Waals surface area contributed by atoms with Crippen LogP contribution in [0, 0.1) is 0 Å². The van der Waals surface area contributed by atoms with Crippen molar-refractivity contribution in [1.82, 2.24) is 0 Å². The molecule has 16 heavy (non-hydrogen) atoms. The molecule has 0 aliphatic heterocycles. The predicted molar refractivity (Wildman–Crippen MR) is 63.8 cm³/mol. The molecule has 1 rings (SSSR count). The Bertz CT molecular complexity index is 509. The van der Waals surface area contributed by atoms with Gasteiger partial charge in [-0.3, -0.25) is 4.79 Å². The van der Waals surface area contributed by atoms with Crippen molar-refractivity contribution in [2.45, 2.75) is 18.2 Å². The molecule has 0 unspecified atom stereocenters. The van der Waals surface area contributed by atoms with Gasteiger partial charge in [-0.15, -0.1) is 0 Å². The average Bonchev–Trinajstić information content (AvgIpc) is 2.19. The number of halogens is 2. The highest BCUT2D eigenvalue weighted by atomic mass is 35.5. The van der Waals surface area contributed by atoms with Gasteiger partial charge < -0.3 is 0 Å². The lowest BCUT2D eigenvalue weighted by Crippen LogP contribution is -2.09. The SMILES string of the molecule is CC(=O)CCS(=O)(=O)c1ccc(Cl)c(Cl)c1. The van der Waals surface area contributed by atoms with Gasteiger partial charge in [-0.2, -0.15) is 0 Å². The van der Waals surface area contributed by atoms with E-state index in [4.69, 9.17) is 23.2 Å². The number of carbonyl (C=O) groups excluding carboxylic acids is 1. The molecule has 0 aromatic heterocycles. The van der Waals surface area contributed by atoms with E-state index in [0.29, 0.717) is 5.02 Å². The molecule has 0 fully saturated rings. The second kappa shape index (κ2) is 5.17. The highest BCUT2D eigenvalue weighted by Gasteiger charge is 2.16. The summed E-state index contributed by atoms with van der Waals surface area (Å²) >= 11 is 11.4. The van der Waals surface area contributed by atoms with E-state index in [1.807, 2.05) is 0 Å². The summed E-state index contributed by atoms with van der Waals surface area (Å²) in [5.74, 6) is -0.371.